The van der Waals surface area contributed by atoms with E-state index in [1.165, 1.54) is 0 Å². The van der Waals surface area contributed by atoms with Crippen molar-refractivity contribution in [2.24, 2.45) is 0 Å². The minimum absolute atomic E-state index is 0.0722. The Balaban J connectivity index is 2.11. The molecule has 0 aromatic carbocycles. The molecule has 80 valence electrons. The van der Waals surface area contributed by atoms with Gasteiger partial charge >= 0.3 is 0 Å². The van der Waals surface area contributed by atoms with Crippen LogP contribution in [0.4, 0.5) is 5.69 Å². The van der Waals surface area contributed by atoms with Gasteiger partial charge in [0.1, 0.15) is 5.69 Å². The molecular formula is C10H13N3O2. The first-order chi connectivity index (χ1) is 7.31. The number of hydrogen-bond acceptors (Lipinski definition) is 3. The summed E-state index contributed by atoms with van der Waals surface area (Å²) in [5, 5.41) is 0. The molecule has 0 bridgehead atoms. The highest BCUT2D eigenvalue weighted by Gasteiger charge is 2.17. The van der Waals surface area contributed by atoms with Gasteiger partial charge in [0.05, 0.1) is 0 Å². The number of carbonyl (C=O) groups excluding carboxylic acids is 1. The van der Waals surface area contributed by atoms with Crippen LogP contribution in [-0.2, 0) is 4.79 Å². The molecule has 0 spiro atoms. The van der Waals surface area contributed by atoms with E-state index in [4.69, 9.17) is 0 Å². The minimum Gasteiger partial charge on any atom is -0.364 e. The zero-order valence-electron chi connectivity index (χ0n) is 8.35. The fraction of sp³-hybridized carbons (Fsp3) is 0.400. The number of aromatic nitrogens is 1. The number of pyridine rings is 1. The molecule has 0 atom stereocenters. The molecule has 0 saturated carbocycles. The lowest BCUT2D eigenvalue weighted by atomic mass is 10.3. The second kappa shape index (κ2) is 4.16. The Bertz CT molecular complexity index is 394. The van der Waals surface area contributed by atoms with Gasteiger partial charge in [0.15, 0.2) is 0 Å². The van der Waals surface area contributed by atoms with Crippen molar-refractivity contribution in [3.63, 3.8) is 0 Å². The van der Waals surface area contributed by atoms with Crippen LogP contribution in [0, 0.1) is 0 Å². The van der Waals surface area contributed by atoms with Crippen LogP contribution in [0.25, 0.3) is 0 Å². The fourth-order valence-electron chi connectivity index (χ4n) is 1.73. The first-order valence-corrected chi connectivity index (χ1v) is 4.93. The highest BCUT2D eigenvalue weighted by molar-refractivity contribution is 5.50. The lowest BCUT2D eigenvalue weighted by molar-refractivity contribution is -0.118. The zero-order valence-corrected chi connectivity index (χ0v) is 8.35. The Morgan fingerprint density at radius 1 is 1.27 bits per heavy atom. The van der Waals surface area contributed by atoms with Crippen molar-refractivity contribution in [1.29, 1.82) is 0 Å². The topological polar surface area (TPSA) is 56.4 Å². The number of nitrogens with one attached hydrogen (secondary N) is 1. The Morgan fingerprint density at radius 2 is 2.00 bits per heavy atom. The summed E-state index contributed by atoms with van der Waals surface area (Å²) in [6.07, 6.45) is 2.47. The predicted molar refractivity (Wildman–Crippen MR) is 56.9 cm³/mol. The number of rotatable bonds is 2. The van der Waals surface area contributed by atoms with Crippen LogP contribution < -0.4 is 10.5 Å². The number of nitrogens with zero attached hydrogens (tertiary/aromatic N) is 2. The molecule has 0 aliphatic carbocycles. The summed E-state index contributed by atoms with van der Waals surface area (Å²) in [5.41, 5.74) is 0.611. The largest absolute Gasteiger partial charge is 0.364 e. The van der Waals surface area contributed by atoms with E-state index < -0.39 is 0 Å². The van der Waals surface area contributed by atoms with Crippen molar-refractivity contribution in [2.75, 3.05) is 31.1 Å². The van der Waals surface area contributed by atoms with E-state index >= 15 is 0 Å². The molecule has 0 unspecified atom stereocenters. The molecule has 1 N–H and O–H groups in total. The van der Waals surface area contributed by atoms with Crippen molar-refractivity contribution in [3.05, 3.63) is 28.7 Å². The van der Waals surface area contributed by atoms with Gasteiger partial charge in [-0.3, -0.25) is 9.59 Å². The highest BCUT2D eigenvalue weighted by atomic mass is 16.1. The number of piperazine rings is 1. The van der Waals surface area contributed by atoms with Crippen molar-refractivity contribution in [2.45, 2.75) is 0 Å². The van der Waals surface area contributed by atoms with Gasteiger partial charge in [-0.05, 0) is 12.1 Å². The van der Waals surface area contributed by atoms with Crippen LogP contribution >= 0.6 is 0 Å². The van der Waals surface area contributed by atoms with E-state index in [9.17, 15) is 9.59 Å². The van der Waals surface area contributed by atoms with Crippen LogP contribution in [0.1, 0.15) is 0 Å². The van der Waals surface area contributed by atoms with E-state index in [0.717, 1.165) is 6.41 Å². The first-order valence-electron chi connectivity index (χ1n) is 4.93. The number of hydrogen-bond donors (Lipinski definition) is 1. The van der Waals surface area contributed by atoms with Crippen molar-refractivity contribution in [3.8, 4) is 0 Å². The number of carbonyl (C=O) groups is 1. The fourth-order valence-corrected chi connectivity index (χ4v) is 1.73. The van der Waals surface area contributed by atoms with Crippen LogP contribution in [0.3, 0.4) is 0 Å². The summed E-state index contributed by atoms with van der Waals surface area (Å²) < 4.78 is 0. The van der Waals surface area contributed by atoms with Gasteiger partial charge in [-0.15, -0.1) is 0 Å². The van der Waals surface area contributed by atoms with Gasteiger partial charge in [0.2, 0.25) is 6.41 Å². The molecule has 1 aliphatic heterocycles. The summed E-state index contributed by atoms with van der Waals surface area (Å²) >= 11 is 0. The van der Waals surface area contributed by atoms with Crippen molar-refractivity contribution < 1.29 is 4.79 Å². The van der Waals surface area contributed by atoms with E-state index in [2.05, 4.69) is 4.98 Å². The van der Waals surface area contributed by atoms with Crippen LogP contribution in [0.2, 0.25) is 0 Å². The summed E-state index contributed by atoms with van der Waals surface area (Å²) in [7, 11) is 0. The molecule has 1 amide bonds. The number of H-pyrrole nitrogens is 1. The Kier molecular flexibility index (Phi) is 2.71. The molecule has 1 aromatic heterocycles. The van der Waals surface area contributed by atoms with Crippen molar-refractivity contribution >= 4 is 12.1 Å². The minimum atomic E-state index is -0.0722. The molecule has 1 saturated heterocycles. The molecule has 1 aliphatic rings. The third-order valence-electron chi connectivity index (χ3n) is 2.60. The Morgan fingerprint density at radius 3 is 2.60 bits per heavy atom. The van der Waals surface area contributed by atoms with Crippen LogP contribution in [0.5, 0.6) is 0 Å². The molecule has 5 nitrogen and oxygen atoms in total. The van der Waals surface area contributed by atoms with Gasteiger partial charge in [-0.25, -0.2) is 0 Å². The second-order valence-electron chi connectivity index (χ2n) is 3.51. The molecule has 1 aromatic rings. The Hall–Kier alpha value is -1.78. The third-order valence-corrected chi connectivity index (χ3v) is 2.60. The van der Waals surface area contributed by atoms with E-state index in [-0.39, 0.29) is 5.56 Å². The zero-order chi connectivity index (χ0) is 10.7. The number of aromatic amines is 1. The Labute approximate surface area is 87.3 Å². The lowest BCUT2D eigenvalue weighted by Gasteiger charge is -2.33. The molecule has 5 heteroatoms. The molecule has 1 fully saturated rings. The van der Waals surface area contributed by atoms with E-state index in [1.54, 1.807) is 17.2 Å². The first kappa shape index (κ1) is 9.76. The molecule has 15 heavy (non-hydrogen) atoms. The normalized spacial score (nSPS) is 16.5. The number of amides is 1. The van der Waals surface area contributed by atoms with Gasteiger partial charge in [-0.2, -0.15) is 0 Å². The molecule has 2 rings (SSSR count). The average Bonchev–Trinajstić information content (AvgIpc) is 2.30. The maximum absolute atomic E-state index is 11.5. The maximum Gasteiger partial charge on any atom is 0.271 e. The standard InChI is InChI=1S/C10H13N3O2/c14-8-12-4-6-13(7-5-12)9-2-1-3-11-10(9)15/h1-3,8H,4-7H2,(H,11,15). The van der Waals surface area contributed by atoms with Crippen LogP contribution in [0.15, 0.2) is 23.1 Å². The second-order valence-corrected chi connectivity index (χ2v) is 3.51. The van der Waals surface area contributed by atoms with E-state index in [1.807, 2.05) is 11.0 Å². The summed E-state index contributed by atoms with van der Waals surface area (Å²) in [5.74, 6) is 0. The van der Waals surface area contributed by atoms with Gasteiger partial charge in [-0.1, -0.05) is 0 Å². The predicted octanol–water partition coefficient (Wildman–Crippen LogP) is -0.347. The smallest absolute Gasteiger partial charge is 0.271 e. The van der Waals surface area contributed by atoms with Gasteiger partial charge < -0.3 is 14.8 Å². The van der Waals surface area contributed by atoms with Gasteiger partial charge in [0.25, 0.3) is 5.56 Å². The SMILES string of the molecule is O=CN1CCN(c2ccc[nH]c2=O)CC1. The van der Waals surface area contributed by atoms with E-state index in [0.29, 0.717) is 31.9 Å². The van der Waals surface area contributed by atoms with Crippen molar-refractivity contribution in [1.82, 2.24) is 9.88 Å². The molecular weight excluding hydrogens is 194 g/mol. The lowest BCUT2D eigenvalue weighted by Crippen LogP contribution is -2.47. The maximum atomic E-state index is 11.5. The monoisotopic (exact) mass is 207 g/mol. The molecule has 0 radical (unpaired) electrons. The van der Waals surface area contributed by atoms with Crippen LogP contribution in [-0.4, -0.2) is 42.5 Å². The number of anilines is 1. The molecule has 2 heterocycles. The highest BCUT2D eigenvalue weighted by Crippen LogP contribution is 2.09. The summed E-state index contributed by atoms with van der Waals surface area (Å²) in [6.45, 7) is 2.79. The summed E-state index contributed by atoms with van der Waals surface area (Å²) in [4.78, 5) is 28.4. The summed E-state index contributed by atoms with van der Waals surface area (Å²) in [6, 6.07) is 3.61. The third kappa shape index (κ3) is 2.01. The average molecular weight is 207 g/mol. The van der Waals surface area contributed by atoms with Gasteiger partial charge in [0, 0.05) is 32.4 Å². The quantitative estimate of drug-likeness (QED) is 0.675.